The lowest BCUT2D eigenvalue weighted by Crippen LogP contribution is -2.29. The van der Waals surface area contributed by atoms with E-state index in [-0.39, 0.29) is 18.7 Å². The van der Waals surface area contributed by atoms with E-state index in [0.717, 1.165) is 18.8 Å². The quantitative estimate of drug-likeness (QED) is 0.486. The largest absolute Gasteiger partial charge is 0.444 e. The first-order valence-corrected chi connectivity index (χ1v) is 7.62. The summed E-state index contributed by atoms with van der Waals surface area (Å²) in [4.78, 5) is 18.5. The standard InChI is InChI=1S/C15H19N5O2/c16-18-17-10-14-11-20(15(21)22-14)13-6-4-12(5-7-13)19-8-2-1-3-9-19/h4-7,14H,1-3,8-11H2/t14-/m0/s1. The van der Waals surface area contributed by atoms with E-state index >= 15 is 0 Å². The van der Waals surface area contributed by atoms with Crippen LogP contribution in [0.1, 0.15) is 19.3 Å². The van der Waals surface area contributed by atoms with E-state index in [1.807, 2.05) is 12.1 Å². The maximum Gasteiger partial charge on any atom is 0.414 e. The Morgan fingerprint density at radius 2 is 1.86 bits per heavy atom. The monoisotopic (exact) mass is 301 g/mol. The van der Waals surface area contributed by atoms with E-state index in [0.29, 0.717) is 6.54 Å². The SMILES string of the molecule is [N-]=[N+]=NC[C@H]1CN(c2ccc(N3CCCCC3)cc2)C(=O)O1. The molecule has 0 aliphatic carbocycles. The lowest BCUT2D eigenvalue weighted by atomic mass is 10.1. The molecule has 0 bridgehead atoms. The van der Waals surface area contributed by atoms with E-state index in [2.05, 4.69) is 27.1 Å². The molecule has 0 radical (unpaired) electrons. The summed E-state index contributed by atoms with van der Waals surface area (Å²) in [6, 6.07) is 7.99. The molecule has 0 unspecified atom stereocenters. The summed E-state index contributed by atoms with van der Waals surface area (Å²) < 4.78 is 5.19. The number of carbonyl (C=O) groups is 1. The van der Waals surface area contributed by atoms with Gasteiger partial charge < -0.3 is 9.64 Å². The molecule has 0 aromatic heterocycles. The molecular formula is C15H19N5O2. The van der Waals surface area contributed by atoms with Crippen molar-refractivity contribution in [1.82, 2.24) is 0 Å². The second kappa shape index (κ2) is 6.58. The number of rotatable bonds is 4. The average Bonchev–Trinajstić information content (AvgIpc) is 2.95. The van der Waals surface area contributed by atoms with E-state index in [1.165, 1.54) is 24.9 Å². The highest BCUT2D eigenvalue weighted by atomic mass is 16.6. The van der Waals surface area contributed by atoms with Gasteiger partial charge in [0.1, 0.15) is 6.10 Å². The molecule has 1 amide bonds. The van der Waals surface area contributed by atoms with Crippen molar-refractivity contribution < 1.29 is 9.53 Å². The van der Waals surface area contributed by atoms with Crippen LogP contribution in [0.2, 0.25) is 0 Å². The normalized spacial score (nSPS) is 21.5. The Kier molecular flexibility index (Phi) is 4.34. The smallest absolute Gasteiger partial charge is 0.414 e. The summed E-state index contributed by atoms with van der Waals surface area (Å²) >= 11 is 0. The van der Waals surface area contributed by atoms with Crippen molar-refractivity contribution in [3.63, 3.8) is 0 Å². The molecular weight excluding hydrogens is 282 g/mol. The number of benzene rings is 1. The Balaban J connectivity index is 1.67. The van der Waals surface area contributed by atoms with Crippen LogP contribution in [-0.2, 0) is 4.74 Å². The molecule has 1 aromatic rings. The van der Waals surface area contributed by atoms with E-state index in [1.54, 1.807) is 4.90 Å². The van der Waals surface area contributed by atoms with Crippen LogP contribution in [0.3, 0.4) is 0 Å². The Labute approximate surface area is 129 Å². The third kappa shape index (κ3) is 3.09. The summed E-state index contributed by atoms with van der Waals surface area (Å²) in [5.74, 6) is 0. The Morgan fingerprint density at radius 1 is 1.18 bits per heavy atom. The fourth-order valence-corrected chi connectivity index (χ4v) is 2.95. The van der Waals surface area contributed by atoms with Gasteiger partial charge in [0.25, 0.3) is 0 Å². The number of piperidine rings is 1. The topological polar surface area (TPSA) is 81.5 Å². The first kappa shape index (κ1) is 14.5. The highest BCUT2D eigenvalue weighted by molar-refractivity contribution is 5.90. The molecule has 0 N–H and O–H groups in total. The summed E-state index contributed by atoms with van der Waals surface area (Å²) in [6.45, 7) is 2.78. The first-order valence-electron chi connectivity index (χ1n) is 7.62. The van der Waals surface area contributed by atoms with Crippen molar-refractivity contribution in [2.45, 2.75) is 25.4 Å². The van der Waals surface area contributed by atoms with Gasteiger partial charge in [-0.05, 0) is 49.1 Å². The molecule has 7 heteroatoms. The number of ether oxygens (including phenoxy) is 1. The number of cyclic esters (lactones) is 1. The zero-order valence-electron chi connectivity index (χ0n) is 12.4. The van der Waals surface area contributed by atoms with Crippen molar-refractivity contribution in [2.75, 3.05) is 36.0 Å². The van der Waals surface area contributed by atoms with Crippen LogP contribution >= 0.6 is 0 Å². The molecule has 116 valence electrons. The van der Waals surface area contributed by atoms with Crippen LogP contribution in [-0.4, -0.2) is 38.4 Å². The Bertz CT molecular complexity index is 576. The van der Waals surface area contributed by atoms with Crippen LogP contribution in [0.25, 0.3) is 10.4 Å². The van der Waals surface area contributed by atoms with Gasteiger partial charge in [-0.1, -0.05) is 5.11 Å². The molecule has 2 saturated heterocycles. The van der Waals surface area contributed by atoms with Gasteiger partial charge in [-0.2, -0.15) is 0 Å². The molecule has 2 aliphatic rings. The van der Waals surface area contributed by atoms with Crippen LogP contribution in [0.5, 0.6) is 0 Å². The van der Waals surface area contributed by atoms with Gasteiger partial charge in [0.2, 0.25) is 0 Å². The lowest BCUT2D eigenvalue weighted by Gasteiger charge is -2.29. The van der Waals surface area contributed by atoms with Gasteiger partial charge in [-0.25, -0.2) is 4.79 Å². The van der Waals surface area contributed by atoms with Gasteiger partial charge in [0.15, 0.2) is 0 Å². The van der Waals surface area contributed by atoms with Crippen molar-refractivity contribution in [2.24, 2.45) is 5.11 Å². The third-order valence-corrected chi connectivity index (χ3v) is 4.11. The molecule has 2 aliphatic heterocycles. The van der Waals surface area contributed by atoms with Crippen LogP contribution in [0, 0.1) is 0 Å². The summed E-state index contributed by atoms with van der Waals surface area (Å²) in [7, 11) is 0. The second-order valence-electron chi connectivity index (χ2n) is 5.59. The Morgan fingerprint density at radius 3 is 2.55 bits per heavy atom. The number of nitrogens with zero attached hydrogens (tertiary/aromatic N) is 5. The zero-order chi connectivity index (χ0) is 15.4. The second-order valence-corrected chi connectivity index (χ2v) is 5.59. The number of azide groups is 1. The van der Waals surface area contributed by atoms with Gasteiger partial charge in [-0.3, -0.25) is 4.90 Å². The fraction of sp³-hybridized carbons (Fsp3) is 0.533. The van der Waals surface area contributed by atoms with E-state index < -0.39 is 0 Å². The molecule has 7 nitrogen and oxygen atoms in total. The highest BCUT2D eigenvalue weighted by Crippen LogP contribution is 2.26. The van der Waals surface area contributed by atoms with Crippen molar-refractivity contribution in [1.29, 1.82) is 0 Å². The van der Waals surface area contributed by atoms with Crippen LogP contribution in [0.4, 0.5) is 16.2 Å². The molecule has 1 atom stereocenters. The predicted molar refractivity (Wildman–Crippen MR) is 84.1 cm³/mol. The number of anilines is 2. The van der Waals surface area contributed by atoms with Crippen molar-refractivity contribution >= 4 is 17.5 Å². The molecule has 2 fully saturated rings. The number of amides is 1. The number of hydrogen-bond donors (Lipinski definition) is 0. The molecule has 3 rings (SSSR count). The van der Waals surface area contributed by atoms with Crippen molar-refractivity contribution in [3.05, 3.63) is 34.7 Å². The minimum Gasteiger partial charge on any atom is -0.444 e. The van der Waals surface area contributed by atoms with Crippen LogP contribution < -0.4 is 9.80 Å². The van der Waals surface area contributed by atoms with E-state index in [9.17, 15) is 4.79 Å². The van der Waals surface area contributed by atoms with Gasteiger partial charge in [-0.15, -0.1) is 0 Å². The van der Waals surface area contributed by atoms with Gasteiger partial charge >= 0.3 is 6.09 Å². The summed E-state index contributed by atoms with van der Waals surface area (Å²) in [5, 5.41) is 3.46. The molecule has 22 heavy (non-hydrogen) atoms. The van der Waals surface area contributed by atoms with Crippen LogP contribution in [0.15, 0.2) is 29.4 Å². The zero-order valence-corrected chi connectivity index (χ0v) is 12.4. The summed E-state index contributed by atoms with van der Waals surface area (Å²) in [6.07, 6.45) is 3.03. The van der Waals surface area contributed by atoms with Gasteiger partial charge in [0.05, 0.1) is 13.1 Å². The molecule has 0 spiro atoms. The molecule has 0 saturated carbocycles. The number of hydrogen-bond acceptors (Lipinski definition) is 4. The average molecular weight is 301 g/mol. The summed E-state index contributed by atoms with van der Waals surface area (Å²) in [5.41, 5.74) is 10.3. The fourth-order valence-electron chi connectivity index (χ4n) is 2.95. The molecule has 2 heterocycles. The minimum atomic E-state index is -0.385. The highest BCUT2D eigenvalue weighted by Gasteiger charge is 2.31. The van der Waals surface area contributed by atoms with E-state index in [4.69, 9.17) is 10.3 Å². The van der Waals surface area contributed by atoms with Gasteiger partial charge in [0, 0.05) is 29.4 Å². The predicted octanol–water partition coefficient (Wildman–Crippen LogP) is 3.31. The maximum absolute atomic E-state index is 11.9. The third-order valence-electron chi connectivity index (χ3n) is 4.11. The minimum absolute atomic E-state index is 0.171. The molecule has 1 aromatic carbocycles. The Hall–Kier alpha value is -2.40. The number of carbonyl (C=O) groups excluding carboxylic acids is 1. The maximum atomic E-state index is 11.9. The first-order chi connectivity index (χ1) is 10.8. The van der Waals surface area contributed by atoms with Crippen molar-refractivity contribution in [3.8, 4) is 0 Å². The lowest BCUT2D eigenvalue weighted by molar-refractivity contribution is 0.145.